The molecule has 0 fully saturated rings. The minimum Gasteiger partial charge on any atom is -0.382 e. The van der Waals surface area contributed by atoms with Gasteiger partial charge in [-0.25, -0.2) is 14.1 Å². The van der Waals surface area contributed by atoms with Crippen LogP contribution in [-0.4, -0.2) is 14.8 Å². The molecule has 2 N–H and O–H groups in total. The maximum absolute atomic E-state index is 13.3. The van der Waals surface area contributed by atoms with E-state index in [1.54, 1.807) is 13.1 Å². The van der Waals surface area contributed by atoms with E-state index in [0.717, 1.165) is 5.56 Å². The molecule has 2 aromatic heterocycles. The highest BCUT2D eigenvalue weighted by molar-refractivity contribution is 5.38. The zero-order valence-electron chi connectivity index (χ0n) is 7.61. The Morgan fingerprint density at radius 3 is 2.86 bits per heavy atom. The van der Waals surface area contributed by atoms with Gasteiger partial charge in [-0.3, -0.25) is 0 Å². The highest BCUT2D eigenvalue weighted by Crippen LogP contribution is 2.13. The topological polar surface area (TPSA) is 56.7 Å². The number of anilines is 1. The number of aryl methyl sites for hydroxylation is 1. The van der Waals surface area contributed by atoms with Gasteiger partial charge in [-0.1, -0.05) is 0 Å². The van der Waals surface area contributed by atoms with Gasteiger partial charge in [-0.15, -0.1) is 5.10 Å². The Kier molecular flexibility index (Phi) is 1.92. The normalized spacial score (nSPS) is 10.4. The van der Waals surface area contributed by atoms with Crippen molar-refractivity contribution in [2.45, 2.75) is 6.92 Å². The van der Waals surface area contributed by atoms with Gasteiger partial charge < -0.3 is 5.73 Å². The first kappa shape index (κ1) is 8.68. The molecule has 0 radical (unpaired) electrons. The molecular weight excluding hydrogens is 183 g/mol. The first-order valence-corrected chi connectivity index (χ1v) is 4.11. The standard InChI is InChI=1S/C9H9FN4/c1-6-5-14(13-8(6)11)9-7(10)3-2-4-12-9/h2-5H,1H3,(H2,11,13). The predicted molar refractivity (Wildman–Crippen MR) is 50.5 cm³/mol. The van der Waals surface area contributed by atoms with E-state index in [-0.39, 0.29) is 5.82 Å². The summed E-state index contributed by atoms with van der Waals surface area (Å²) in [7, 11) is 0. The summed E-state index contributed by atoms with van der Waals surface area (Å²) in [6, 6.07) is 2.86. The van der Waals surface area contributed by atoms with E-state index in [4.69, 9.17) is 5.73 Å². The van der Waals surface area contributed by atoms with Crippen LogP contribution in [0.4, 0.5) is 10.2 Å². The fourth-order valence-electron chi connectivity index (χ4n) is 1.13. The van der Waals surface area contributed by atoms with Gasteiger partial charge in [0.05, 0.1) is 0 Å². The number of nitrogen functional groups attached to an aromatic ring is 1. The lowest BCUT2D eigenvalue weighted by molar-refractivity contribution is 0.601. The molecule has 0 amide bonds. The molecule has 72 valence electrons. The number of aromatic nitrogens is 3. The quantitative estimate of drug-likeness (QED) is 0.740. The van der Waals surface area contributed by atoms with Crippen molar-refractivity contribution in [2.75, 3.05) is 5.73 Å². The zero-order valence-corrected chi connectivity index (χ0v) is 7.61. The highest BCUT2D eigenvalue weighted by atomic mass is 19.1. The summed E-state index contributed by atoms with van der Waals surface area (Å²) in [5, 5.41) is 3.93. The van der Waals surface area contributed by atoms with Crippen molar-refractivity contribution < 1.29 is 4.39 Å². The molecule has 0 saturated carbocycles. The molecule has 4 nitrogen and oxygen atoms in total. The number of hydrogen-bond acceptors (Lipinski definition) is 3. The van der Waals surface area contributed by atoms with Gasteiger partial charge in [-0.2, -0.15) is 0 Å². The number of rotatable bonds is 1. The third kappa shape index (κ3) is 1.32. The molecule has 0 aliphatic rings. The van der Waals surface area contributed by atoms with E-state index in [2.05, 4.69) is 10.1 Å². The maximum Gasteiger partial charge on any atom is 0.189 e. The Morgan fingerprint density at radius 2 is 2.29 bits per heavy atom. The second-order valence-electron chi connectivity index (χ2n) is 2.95. The fraction of sp³-hybridized carbons (Fsp3) is 0.111. The molecule has 0 bridgehead atoms. The van der Waals surface area contributed by atoms with Crippen LogP contribution in [0.3, 0.4) is 0 Å². The Labute approximate surface area is 80.2 Å². The van der Waals surface area contributed by atoms with Crippen molar-refractivity contribution in [1.82, 2.24) is 14.8 Å². The second kappa shape index (κ2) is 3.10. The molecule has 0 atom stereocenters. The van der Waals surface area contributed by atoms with Crippen LogP contribution in [-0.2, 0) is 0 Å². The SMILES string of the molecule is Cc1cn(-c2ncccc2F)nc1N. The second-order valence-corrected chi connectivity index (χ2v) is 2.95. The van der Waals surface area contributed by atoms with E-state index in [9.17, 15) is 4.39 Å². The number of halogens is 1. The molecule has 0 aliphatic carbocycles. The molecular formula is C9H9FN4. The number of hydrogen-bond donors (Lipinski definition) is 1. The van der Waals surface area contributed by atoms with Crippen LogP contribution in [0.5, 0.6) is 0 Å². The third-order valence-electron chi connectivity index (χ3n) is 1.89. The van der Waals surface area contributed by atoms with Gasteiger partial charge in [0.25, 0.3) is 0 Å². The molecule has 2 rings (SSSR count). The highest BCUT2D eigenvalue weighted by Gasteiger charge is 2.07. The maximum atomic E-state index is 13.3. The molecule has 2 heterocycles. The average Bonchev–Trinajstić information content (AvgIpc) is 2.48. The van der Waals surface area contributed by atoms with Crippen LogP contribution in [0.1, 0.15) is 5.56 Å². The van der Waals surface area contributed by atoms with E-state index < -0.39 is 5.82 Å². The minimum atomic E-state index is -0.421. The summed E-state index contributed by atoms with van der Waals surface area (Å²) < 4.78 is 14.6. The van der Waals surface area contributed by atoms with Gasteiger partial charge in [0.15, 0.2) is 11.6 Å². The smallest absolute Gasteiger partial charge is 0.189 e. The van der Waals surface area contributed by atoms with E-state index in [1.165, 1.54) is 23.0 Å². The molecule has 0 aliphatic heterocycles. The molecule has 0 aromatic carbocycles. The molecule has 0 spiro atoms. The monoisotopic (exact) mass is 192 g/mol. The molecule has 14 heavy (non-hydrogen) atoms. The molecule has 2 aromatic rings. The summed E-state index contributed by atoms with van der Waals surface area (Å²) >= 11 is 0. The van der Waals surface area contributed by atoms with Crippen molar-refractivity contribution in [3.8, 4) is 5.82 Å². The van der Waals surface area contributed by atoms with Crippen molar-refractivity contribution >= 4 is 5.82 Å². The molecule has 0 unspecified atom stereocenters. The number of nitrogens with zero attached hydrogens (tertiary/aromatic N) is 3. The number of pyridine rings is 1. The summed E-state index contributed by atoms with van der Waals surface area (Å²) in [5.41, 5.74) is 6.35. The third-order valence-corrected chi connectivity index (χ3v) is 1.89. The van der Waals surface area contributed by atoms with Gasteiger partial charge in [0.1, 0.15) is 5.82 Å². The van der Waals surface area contributed by atoms with Crippen LogP contribution >= 0.6 is 0 Å². The Bertz CT molecular complexity index is 444. The van der Waals surface area contributed by atoms with Gasteiger partial charge in [-0.05, 0) is 19.1 Å². The van der Waals surface area contributed by atoms with E-state index in [1.807, 2.05) is 0 Å². The molecule has 0 saturated heterocycles. The Balaban J connectivity index is 2.55. The largest absolute Gasteiger partial charge is 0.382 e. The van der Waals surface area contributed by atoms with Crippen LogP contribution in [0, 0.1) is 12.7 Å². The summed E-state index contributed by atoms with van der Waals surface area (Å²) in [6.45, 7) is 1.81. The summed E-state index contributed by atoms with van der Waals surface area (Å²) in [6.07, 6.45) is 3.15. The van der Waals surface area contributed by atoms with E-state index >= 15 is 0 Å². The van der Waals surface area contributed by atoms with Gasteiger partial charge in [0, 0.05) is 18.0 Å². The van der Waals surface area contributed by atoms with Crippen LogP contribution in [0.2, 0.25) is 0 Å². The van der Waals surface area contributed by atoms with Crippen molar-refractivity contribution in [1.29, 1.82) is 0 Å². The fourth-order valence-corrected chi connectivity index (χ4v) is 1.13. The van der Waals surface area contributed by atoms with E-state index in [0.29, 0.717) is 5.82 Å². The van der Waals surface area contributed by atoms with Gasteiger partial charge >= 0.3 is 0 Å². The lowest BCUT2D eigenvalue weighted by Crippen LogP contribution is -2.01. The lowest BCUT2D eigenvalue weighted by atomic mass is 10.4. The summed E-state index contributed by atoms with van der Waals surface area (Å²) in [5.74, 6) is 0.123. The van der Waals surface area contributed by atoms with Crippen LogP contribution in [0.25, 0.3) is 5.82 Å². The van der Waals surface area contributed by atoms with Crippen molar-refractivity contribution in [3.05, 3.63) is 35.9 Å². The number of nitrogens with two attached hydrogens (primary N) is 1. The zero-order chi connectivity index (χ0) is 10.1. The first-order valence-electron chi connectivity index (χ1n) is 4.11. The van der Waals surface area contributed by atoms with Crippen molar-refractivity contribution in [2.24, 2.45) is 0 Å². The predicted octanol–water partition coefficient (Wildman–Crippen LogP) is 1.30. The van der Waals surface area contributed by atoms with Crippen LogP contribution in [0.15, 0.2) is 24.5 Å². The first-order chi connectivity index (χ1) is 6.68. The van der Waals surface area contributed by atoms with Crippen molar-refractivity contribution in [3.63, 3.8) is 0 Å². The minimum absolute atomic E-state index is 0.160. The Hall–Kier alpha value is -1.91. The van der Waals surface area contributed by atoms with Crippen LogP contribution < -0.4 is 5.73 Å². The average molecular weight is 192 g/mol. The van der Waals surface area contributed by atoms with Gasteiger partial charge in [0.2, 0.25) is 0 Å². The Morgan fingerprint density at radius 1 is 1.50 bits per heavy atom. The summed E-state index contributed by atoms with van der Waals surface area (Å²) in [4.78, 5) is 3.87. The molecule has 5 heteroatoms. The lowest BCUT2D eigenvalue weighted by Gasteiger charge is -1.99.